The van der Waals surface area contributed by atoms with Crippen LogP contribution in [0.5, 0.6) is 0 Å². The van der Waals surface area contributed by atoms with Gasteiger partial charge < -0.3 is 25.2 Å². The predicted molar refractivity (Wildman–Crippen MR) is 130 cm³/mol. The van der Waals surface area contributed by atoms with Crippen LogP contribution in [0.15, 0.2) is 48.5 Å². The van der Waals surface area contributed by atoms with Gasteiger partial charge in [-0.1, -0.05) is 61.4 Å². The molecule has 35 heavy (non-hydrogen) atoms. The minimum absolute atomic E-state index is 0.0284. The van der Waals surface area contributed by atoms with E-state index in [1.807, 2.05) is 24.3 Å². The van der Waals surface area contributed by atoms with Gasteiger partial charge in [0.1, 0.15) is 6.61 Å². The number of aliphatic carboxylic acids is 1. The third-order valence-electron chi connectivity index (χ3n) is 7.03. The lowest BCUT2D eigenvalue weighted by molar-refractivity contribution is -0.139. The fourth-order valence-electron chi connectivity index (χ4n) is 5.25. The molecule has 0 saturated heterocycles. The zero-order valence-electron chi connectivity index (χ0n) is 19.9. The van der Waals surface area contributed by atoms with Gasteiger partial charge in [-0.3, -0.25) is 9.59 Å². The number of carbonyl (C=O) groups excluding carboxylic acids is 2. The van der Waals surface area contributed by atoms with E-state index in [9.17, 15) is 14.4 Å². The number of carbonyl (C=O) groups is 3. The van der Waals surface area contributed by atoms with E-state index in [1.165, 1.54) is 7.11 Å². The summed E-state index contributed by atoms with van der Waals surface area (Å²) in [6, 6.07) is 16.0. The average molecular weight is 481 g/mol. The fraction of sp³-hybridized carbons (Fsp3) is 0.444. The minimum atomic E-state index is -0.900. The Morgan fingerprint density at radius 3 is 2.26 bits per heavy atom. The second-order valence-electron chi connectivity index (χ2n) is 9.19. The molecule has 2 aromatic carbocycles. The molecule has 3 N–H and O–H groups in total. The average Bonchev–Trinajstić information content (AvgIpc) is 3.18. The van der Waals surface area contributed by atoms with E-state index in [2.05, 4.69) is 34.9 Å². The van der Waals surface area contributed by atoms with Gasteiger partial charge in [0.15, 0.2) is 6.10 Å². The van der Waals surface area contributed by atoms with Gasteiger partial charge in [0.2, 0.25) is 0 Å². The van der Waals surface area contributed by atoms with Crippen LogP contribution < -0.4 is 10.6 Å². The molecule has 2 amide bonds. The summed E-state index contributed by atoms with van der Waals surface area (Å²) in [4.78, 5) is 36.4. The number of hydrogen-bond donors (Lipinski definition) is 3. The molecule has 0 heterocycles. The standard InChI is InChI=1S/C27H32N2O6/c1-34-24(26(32)29-23-13-7-2-8-17(23)14-25(30)31)15-28-27(33)35-16-22-20-11-5-3-9-18(20)19-10-4-6-12-21(19)22/h3-6,9-12,17,22-24H,2,7-8,13-16H2,1H3,(H,28,33)(H,29,32)(H,30,31). The molecule has 1 fully saturated rings. The highest BCUT2D eigenvalue weighted by molar-refractivity contribution is 5.82. The van der Waals surface area contributed by atoms with E-state index in [0.717, 1.165) is 47.9 Å². The molecule has 3 atom stereocenters. The smallest absolute Gasteiger partial charge is 0.407 e. The first-order valence-electron chi connectivity index (χ1n) is 12.1. The van der Waals surface area contributed by atoms with Gasteiger partial charge >= 0.3 is 12.1 Å². The summed E-state index contributed by atoms with van der Waals surface area (Å²) >= 11 is 0. The Morgan fingerprint density at radius 1 is 1.00 bits per heavy atom. The van der Waals surface area contributed by atoms with Crippen LogP contribution in [0.4, 0.5) is 4.79 Å². The van der Waals surface area contributed by atoms with Crippen molar-refractivity contribution in [2.75, 3.05) is 20.3 Å². The summed E-state index contributed by atoms with van der Waals surface area (Å²) in [7, 11) is 1.40. The zero-order chi connectivity index (χ0) is 24.8. The predicted octanol–water partition coefficient (Wildman–Crippen LogP) is 3.69. The molecule has 0 radical (unpaired) electrons. The van der Waals surface area contributed by atoms with Crippen LogP contribution in [-0.4, -0.2) is 55.5 Å². The molecule has 0 aromatic heterocycles. The molecular weight excluding hydrogens is 448 g/mol. The highest BCUT2D eigenvalue weighted by Gasteiger charge is 2.31. The highest BCUT2D eigenvalue weighted by atomic mass is 16.5. The van der Waals surface area contributed by atoms with Gasteiger partial charge in [-0.05, 0) is 41.0 Å². The lowest BCUT2D eigenvalue weighted by Gasteiger charge is -2.32. The summed E-state index contributed by atoms with van der Waals surface area (Å²) in [5, 5.41) is 14.7. The molecule has 0 bridgehead atoms. The first-order valence-corrected chi connectivity index (χ1v) is 12.1. The Morgan fingerprint density at radius 2 is 1.63 bits per heavy atom. The van der Waals surface area contributed by atoms with E-state index in [1.54, 1.807) is 0 Å². The largest absolute Gasteiger partial charge is 0.481 e. The summed E-state index contributed by atoms with van der Waals surface area (Å²) < 4.78 is 10.8. The Hall–Kier alpha value is -3.39. The second-order valence-corrected chi connectivity index (χ2v) is 9.19. The number of benzene rings is 2. The quantitative estimate of drug-likeness (QED) is 0.504. The molecule has 0 aliphatic heterocycles. The van der Waals surface area contributed by atoms with Crippen molar-refractivity contribution in [3.05, 3.63) is 59.7 Å². The van der Waals surface area contributed by atoms with Gasteiger partial charge in [-0.15, -0.1) is 0 Å². The Labute approximate surface area is 205 Å². The molecule has 1 saturated carbocycles. The fourth-order valence-corrected chi connectivity index (χ4v) is 5.25. The van der Waals surface area contributed by atoms with E-state index in [-0.39, 0.29) is 43.4 Å². The number of alkyl carbamates (subject to hydrolysis) is 1. The monoisotopic (exact) mass is 480 g/mol. The molecule has 0 spiro atoms. The van der Waals surface area contributed by atoms with Gasteiger partial charge in [-0.25, -0.2) is 4.79 Å². The number of methoxy groups -OCH3 is 1. The van der Waals surface area contributed by atoms with Crippen molar-refractivity contribution < 1.29 is 29.0 Å². The maximum absolute atomic E-state index is 12.8. The maximum atomic E-state index is 12.8. The molecule has 2 aliphatic rings. The van der Waals surface area contributed by atoms with Crippen LogP contribution in [0.3, 0.4) is 0 Å². The van der Waals surface area contributed by atoms with Crippen LogP contribution in [0, 0.1) is 5.92 Å². The third-order valence-corrected chi connectivity index (χ3v) is 7.03. The van der Waals surface area contributed by atoms with Crippen LogP contribution in [0.1, 0.15) is 49.1 Å². The Balaban J connectivity index is 1.29. The summed E-state index contributed by atoms with van der Waals surface area (Å²) in [5.41, 5.74) is 4.55. The number of carboxylic acid groups (broad SMARTS) is 1. The van der Waals surface area contributed by atoms with Crippen molar-refractivity contribution in [3.63, 3.8) is 0 Å². The van der Waals surface area contributed by atoms with Crippen molar-refractivity contribution in [3.8, 4) is 11.1 Å². The molecule has 2 aromatic rings. The van der Waals surface area contributed by atoms with E-state index < -0.39 is 18.2 Å². The Bertz CT molecular complexity index is 1030. The number of nitrogens with one attached hydrogen (secondary N) is 2. The van der Waals surface area contributed by atoms with Crippen molar-refractivity contribution in [1.29, 1.82) is 0 Å². The van der Waals surface area contributed by atoms with Crippen LogP contribution in [0.2, 0.25) is 0 Å². The molecule has 3 unspecified atom stereocenters. The van der Waals surface area contributed by atoms with Crippen molar-refractivity contribution in [1.82, 2.24) is 10.6 Å². The number of carboxylic acids is 1. The molecule has 8 nitrogen and oxygen atoms in total. The lowest BCUT2D eigenvalue weighted by atomic mass is 9.82. The van der Waals surface area contributed by atoms with Crippen molar-refractivity contribution >= 4 is 18.0 Å². The number of hydrogen-bond acceptors (Lipinski definition) is 5. The summed E-state index contributed by atoms with van der Waals surface area (Å²) in [6.45, 7) is 0.137. The molecular formula is C27H32N2O6. The lowest BCUT2D eigenvalue weighted by Crippen LogP contribution is -2.50. The molecule has 8 heteroatoms. The maximum Gasteiger partial charge on any atom is 0.407 e. The highest BCUT2D eigenvalue weighted by Crippen LogP contribution is 2.44. The summed E-state index contributed by atoms with van der Waals surface area (Å²) in [5.74, 6) is -1.38. The number of fused-ring (bicyclic) bond motifs is 3. The van der Waals surface area contributed by atoms with Crippen molar-refractivity contribution in [2.45, 2.75) is 50.2 Å². The van der Waals surface area contributed by atoms with Crippen LogP contribution in [-0.2, 0) is 19.1 Å². The van der Waals surface area contributed by atoms with Crippen LogP contribution in [0.25, 0.3) is 11.1 Å². The topological polar surface area (TPSA) is 114 Å². The Kier molecular flexibility index (Phi) is 8.02. The zero-order valence-corrected chi connectivity index (χ0v) is 19.9. The second kappa shape index (κ2) is 11.4. The number of rotatable bonds is 9. The third kappa shape index (κ3) is 5.82. The molecule has 2 aliphatic carbocycles. The van der Waals surface area contributed by atoms with Gasteiger partial charge in [0.05, 0.1) is 13.0 Å². The normalized spacial score (nSPS) is 19.8. The first-order chi connectivity index (χ1) is 17.0. The molecule has 186 valence electrons. The van der Waals surface area contributed by atoms with Crippen LogP contribution >= 0.6 is 0 Å². The minimum Gasteiger partial charge on any atom is -0.481 e. The van der Waals surface area contributed by atoms with E-state index in [4.69, 9.17) is 14.6 Å². The van der Waals surface area contributed by atoms with E-state index in [0.29, 0.717) is 0 Å². The van der Waals surface area contributed by atoms with Crippen molar-refractivity contribution in [2.24, 2.45) is 5.92 Å². The molecule has 4 rings (SSSR count). The van der Waals surface area contributed by atoms with E-state index >= 15 is 0 Å². The summed E-state index contributed by atoms with van der Waals surface area (Å²) in [6.07, 6.45) is 1.91. The van der Waals surface area contributed by atoms with Gasteiger partial charge in [-0.2, -0.15) is 0 Å². The number of amides is 2. The van der Waals surface area contributed by atoms with Gasteiger partial charge in [0, 0.05) is 19.1 Å². The SMILES string of the molecule is COC(CNC(=O)OCC1c2ccccc2-c2ccccc21)C(=O)NC1CCCCC1CC(=O)O. The number of ether oxygens (including phenoxy) is 2. The van der Waals surface area contributed by atoms with Gasteiger partial charge in [0.25, 0.3) is 5.91 Å². The first kappa shape index (κ1) is 24.7.